The van der Waals surface area contributed by atoms with Crippen LogP contribution in [0.5, 0.6) is 0 Å². The van der Waals surface area contributed by atoms with Crippen LogP contribution in [0, 0.1) is 5.92 Å². The average molecular weight is 286 g/mol. The number of esters is 1. The molecule has 1 unspecified atom stereocenters. The van der Waals surface area contributed by atoms with Crippen LogP contribution in [0.1, 0.15) is 13.8 Å². The number of carbonyl (C=O) groups is 3. The van der Waals surface area contributed by atoms with Crippen LogP contribution < -0.4 is 11.2 Å². The monoisotopic (exact) mass is 286 g/mol. The molecule has 0 saturated carbocycles. The zero-order valence-electron chi connectivity index (χ0n) is 11.4. The second-order valence-corrected chi connectivity index (χ2v) is 3.96. The van der Waals surface area contributed by atoms with Crippen LogP contribution >= 0.6 is 0 Å². The molecular weight excluding hydrogens is 268 g/mol. The molecule has 1 rings (SSSR count). The van der Waals surface area contributed by atoms with Gasteiger partial charge in [0.15, 0.2) is 0 Å². The molecule has 1 aliphatic rings. The van der Waals surface area contributed by atoms with Crippen molar-refractivity contribution in [2.75, 3.05) is 26.3 Å². The number of carbonyl (C=O) groups excluding carboxylic acids is 3. The third kappa shape index (κ3) is 4.11. The Labute approximate surface area is 116 Å². The summed E-state index contributed by atoms with van der Waals surface area (Å²) < 4.78 is 9.76. The minimum absolute atomic E-state index is 0.0720. The molecule has 1 fully saturated rings. The molecule has 9 heteroatoms. The molecule has 0 aromatic carbocycles. The number of hydrazone groups is 1. The molecule has 1 saturated heterocycles. The maximum atomic E-state index is 11.8. The average Bonchev–Trinajstić information content (AvgIpc) is 2.81. The van der Waals surface area contributed by atoms with Crippen molar-refractivity contribution in [2.45, 2.75) is 13.8 Å². The standard InChI is InChI=1S/C11H18N4O5/c1-3-19-9(16)7-5-15(11(18)20-4-2)6-8(7)13-14-10(12)17/h7H,3-6H2,1-2H3,(H3,12,14,17)/b13-8+. The Hall–Kier alpha value is -2.32. The first kappa shape index (κ1) is 15.7. The van der Waals surface area contributed by atoms with Crippen molar-refractivity contribution in [1.82, 2.24) is 10.3 Å². The predicted octanol–water partition coefficient (Wildman–Crippen LogP) is -0.338. The summed E-state index contributed by atoms with van der Waals surface area (Å²) in [7, 11) is 0. The molecular formula is C11H18N4O5. The largest absolute Gasteiger partial charge is 0.465 e. The van der Waals surface area contributed by atoms with Crippen LogP contribution in [0.15, 0.2) is 5.10 Å². The first-order valence-corrected chi connectivity index (χ1v) is 6.19. The Morgan fingerprint density at radius 3 is 2.55 bits per heavy atom. The van der Waals surface area contributed by atoms with Gasteiger partial charge in [-0.05, 0) is 13.8 Å². The molecule has 112 valence electrons. The van der Waals surface area contributed by atoms with Crippen molar-refractivity contribution in [1.29, 1.82) is 0 Å². The van der Waals surface area contributed by atoms with E-state index in [-0.39, 0.29) is 26.3 Å². The molecule has 1 heterocycles. The van der Waals surface area contributed by atoms with E-state index in [4.69, 9.17) is 15.2 Å². The fraction of sp³-hybridized carbons (Fsp3) is 0.636. The predicted molar refractivity (Wildman–Crippen MR) is 68.9 cm³/mol. The maximum absolute atomic E-state index is 11.8. The van der Waals surface area contributed by atoms with Gasteiger partial charge in [0.1, 0.15) is 5.92 Å². The van der Waals surface area contributed by atoms with Gasteiger partial charge in [0.05, 0.1) is 25.5 Å². The first-order valence-electron chi connectivity index (χ1n) is 6.19. The molecule has 0 radical (unpaired) electrons. The van der Waals surface area contributed by atoms with Gasteiger partial charge < -0.3 is 20.1 Å². The summed E-state index contributed by atoms with van der Waals surface area (Å²) in [6.07, 6.45) is -0.550. The molecule has 0 bridgehead atoms. The maximum Gasteiger partial charge on any atom is 0.410 e. The van der Waals surface area contributed by atoms with E-state index in [9.17, 15) is 14.4 Å². The number of nitrogens with zero attached hydrogens (tertiary/aromatic N) is 2. The third-order valence-electron chi connectivity index (χ3n) is 2.56. The Kier molecular flexibility index (Phi) is 5.75. The molecule has 1 aliphatic heterocycles. The number of nitrogens with two attached hydrogens (primary N) is 1. The normalized spacial score (nSPS) is 19.8. The number of ether oxygens (including phenoxy) is 2. The van der Waals surface area contributed by atoms with Crippen LogP contribution in [0.3, 0.4) is 0 Å². The van der Waals surface area contributed by atoms with Crippen LogP contribution in [0.4, 0.5) is 9.59 Å². The van der Waals surface area contributed by atoms with Crippen molar-refractivity contribution in [3.05, 3.63) is 0 Å². The lowest BCUT2D eigenvalue weighted by Crippen LogP contribution is -2.30. The highest BCUT2D eigenvalue weighted by atomic mass is 16.6. The Bertz CT molecular complexity index is 423. The zero-order chi connectivity index (χ0) is 15.1. The van der Waals surface area contributed by atoms with E-state index in [1.807, 2.05) is 5.43 Å². The van der Waals surface area contributed by atoms with Gasteiger partial charge in [-0.2, -0.15) is 5.10 Å². The summed E-state index contributed by atoms with van der Waals surface area (Å²) in [4.78, 5) is 35.4. The molecule has 20 heavy (non-hydrogen) atoms. The fourth-order valence-electron chi connectivity index (χ4n) is 1.74. The van der Waals surface area contributed by atoms with E-state index in [1.165, 1.54) is 4.90 Å². The number of nitrogens with one attached hydrogen (secondary N) is 1. The quantitative estimate of drug-likeness (QED) is 0.540. The number of urea groups is 1. The van der Waals surface area contributed by atoms with E-state index in [2.05, 4.69) is 5.10 Å². The minimum Gasteiger partial charge on any atom is -0.465 e. The lowest BCUT2D eigenvalue weighted by atomic mass is 10.1. The number of hydrogen-bond donors (Lipinski definition) is 2. The van der Waals surface area contributed by atoms with Crippen LogP contribution in [-0.2, 0) is 14.3 Å². The highest BCUT2D eigenvalue weighted by molar-refractivity contribution is 6.06. The molecule has 1 atom stereocenters. The van der Waals surface area contributed by atoms with Gasteiger partial charge in [-0.25, -0.2) is 15.0 Å². The third-order valence-corrected chi connectivity index (χ3v) is 2.56. The molecule has 0 spiro atoms. The highest BCUT2D eigenvalue weighted by Gasteiger charge is 2.38. The van der Waals surface area contributed by atoms with Crippen molar-refractivity contribution < 1.29 is 23.9 Å². The lowest BCUT2D eigenvalue weighted by Gasteiger charge is -2.14. The molecule has 0 aromatic rings. The summed E-state index contributed by atoms with van der Waals surface area (Å²) in [6.45, 7) is 3.96. The van der Waals surface area contributed by atoms with Crippen molar-refractivity contribution in [2.24, 2.45) is 16.8 Å². The number of primary amides is 1. The van der Waals surface area contributed by atoms with E-state index < -0.39 is 24.0 Å². The number of likely N-dealkylation sites (tertiary alicyclic amines) is 1. The van der Waals surface area contributed by atoms with Gasteiger partial charge in [-0.3, -0.25) is 4.79 Å². The SMILES string of the molecule is CCOC(=O)C1CN(C(=O)OCC)C/C1=N\NC(N)=O. The summed E-state index contributed by atoms with van der Waals surface area (Å²) >= 11 is 0. The molecule has 0 aromatic heterocycles. The summed E-state index contributed by atoms with van der Waals surface area (Å²) in [5.41, 5.74) is 7.26. The Balaban J connectivity index is 2.82. The summed E-state index contributed by atoms with van der Waals surface area (Å²) in [5.74, 6) is -1.24. The number of amides is 3. The summed E-state index contributed by atoms with van der Waals surface area (Å²) in [6, 6.07) is -0.852. The highest BCUT2D eigenvalue weighted by Crippen LogP contribution is 2.16. The van der Waals surface area contributed by atoms with E-state index in [1.54, 1.807) is 13.8 Å². The van der Waals surface area contributed by atoms with Gasteiger partial charge in [0.25, 0.3) is 0 Å². The zero-order valence-corrected chi connectivity index (χ0v) is 11.4. The van der Waals surface area contributed by atoms with Crippen LogP contribution in [0.25, 0.3) is 0 Å². The van der Waals surface area contributed by atoms with Crippen LogP contribution in [0.2, 0.25) is 0 Å². The summed E-state index contributed by atoms with van der Waals surface area (Å²) in [5, 5.41) is 3.74. The van der Waals surface area contributed by atoms with E-state index >= 15 is 0 Å². The molecule has 3 N–H and O–H groups in total. The second kappa shape index (κ2) is 7.31. The number of hydrogen-bond acceptors (Lipinski definition) is 6. The van der Waals surface area contributed by atoms with Gasteiger partial charge in [0.2, 0.25) is 0 Å². The smallest absolute Gasteiger partial charge is 0.410 e. The molecule has 0 aliphatic carbocycles. The van der Waals surface area contributed by atoms with Gasteiger partial charge in [-0.1, -0.05) is 0 Å². The second-order valence-electron chi connectivity index (χ2n) is 3.96. The Morgan fingerprint density at radius 2 is 2.00 bits per heavy atom. The molecule has 9 nitrogen and oxygen atoms in total. The van der Waals surface area contributed by atoms with Gasteiger partial charge in [0, 0.05) is 6.54 Å². The van der Waals surface area contributed by atoms with E-state index in [0.717, 1.165) is 0 Å². The Morgan fingerprint density at radius 1 is 1.35 bits per heavy atom. The van der Waals surface area contributed by atoms with E-state index in [0.29, 0.717) is 5.71 Å². The molecule has 3 amide bonds. The van der Waals surface area contributed by atoms with Crippen molar-refractivity contribution in [3.63, 3.8) is 0 Å². The number of rotatable bonds is 4. The topological polar surface area (TPSA) is 123 Å². The van der Waals surface area contributed by atoms with Crippen LogP contribution in [-0.4, -0.2) is 55.0 Å². The lowest BCUT2D eigenvalue weighted by molar-refractivity contribution is -0.145. The first-order chi connectivity index (χ1) is 9.49. The van der Waals surface area contributed by atoms with Crippen molar-refractivity contribution >= 4 is 23.8 Å². The fourth-order valence-corrected chi connectivity index (χ4v) is 1.74. The van der Waals surface area contributed by atoms with Gasteiger partial charge >= 0.3 is 18.1 Å². The minimum atomic E-state index is -0.852. The van der Waals surface area contributed by atoms with Gasteiger partial charge in [-0.15, -0.1) is 0 Å². The van der Waals surface area contributed by atoms with Crippen molar-refractivity contribution in [3.8, 4) is 0 Å².